The van der Waals surface area contributed by atoms with E-state index in [1.165, 1.54) is 31.3 Å². The van der Waals surface area contributed by atoms with E-state index in [9.17, 15) is 0 Å². The normalized spacial score (nSPS) is 12.8. The van der Waals surface area contributed by atoms with Crippen molar-refractivity contribution in [1.82, 2.24) is 9.55 Å². The van der Waals surface area contributed by atoms with Gasteiger partial charge in [-0.3, -0.25) is 4.57 Å². The molecule has 4 aromatic carbocycles. The highest BCUT2D eigenvalue weighted by Crippen LogP contribution is 2.42. The zero-order valence-electron chi connectivity index (χ0n) is 16.0. The molecular weight excluding hydrogens is 388 g/mol. The van der Waals surface area contributed by atoms with E-state index in [1.807, 2.05) is 17.4 Å². The van der Waals surface area contributed by atoms with Gasteiger partial charge in [0.25, 0.3) is 0 Å². The molecule has 6 aromatic rings. The van der Waals surface area contributed by atoms with Crippen LogP contribution >= 0.6 is 11.3 Å². The van der Waals surface area contributed by atoms with Gasteiger partial charge in [0.05, 0.1) is 16.7 Å². The fraction of sp³-hybridized carbons (Fsp3) is 0.0385. The van der Waals surface area contributed by atoms with Gasteiger partial charge in [0.15, 0.2) is 5.82 Å². The standard InChI is InChI=1S/C26H16N2OS/c1-4-10-23-18(6-1)26-17(7-5-11-24(26)30-23)16-12-13-22-21(14-16)28-20-9-3-2-8-19(20)27-25(28)15-29-22/h1-14H,15H2. The third-order valence-corrected chi connectivity index (χ3v) is 7.04. The average molecular weight is 404 g/mol. The third-order valence-electron chi connectivity index (χ3n) is 5.90. The first-order chi connectivity index (χ1) is 14.9. The van der Waals surface area contributed by atoms with Gasteiger partial charge in [-0.25, -0.2) is 4.98 Å². The largest absolute Gasteiger partial charge is 0.483 e. The van der Waals surface area contributed by atoms with E-state index in [4.69, 9.17) is 9.72 Å². The number of hydrogen-bond donors (Lipinski definition) is 0. The Balaban J connectivity index is 1.52. The molecule has 0 saturated heterocycles. The van der Waals surface area contributed by atoms with Crippen LogP contribution in [-0.4, -0.2) is 9.55 Å². The summed E-state index contributed by atoms with van der Waals surface area (Å²) in [4.78, 5) is 4.78. The summed E-state index contributed by atoms with van der Waals surface area (Å²) in [5.74, 6) is 1.84. The SMILES string of the molecule is c1ccc2c(c1)nc1n2-c2cc(-c3cccc4sc5ccccc5c34)ccc2OC1. The van der Waals surface area contributed by atoms with E-state index < -0.39 is 0 Å². The Labute approximate surface area is 176 Å². The van der Waals surface area contributed by atoms with Crippen molar-refractivity contribution in [3.8, 4) is 22.6 Å². The molecule has 1 aliphatic rings. The molecule has 0 radical (unpaired) electrons. The molecule has 0 atom stereocenters. The van der Waals surface area contributed by atoms with Crippen molar-refractivity contribution in [2.24, 2.45) is 0 Å². The van der Waals surface area contributed by atoms with Crippen molar-refractivity contribution in [2.75, 3.05) is 0 Å². The second-order valence-electron chi connectivity index (χ2n) is 7.60. The molecule has 2 aromatic heterocycles. The summed E-state index contributed by atoms with van der Waals surface area (Å²) in [7, 11) is 0. The van der Waals surface area contributed by atoms with Crippen molar-refractivity contribution in [1.29, 1.82) is 0 Å². The maximum atomic E-state index is 6.03. The second kappa shape index (κ2) is 5.94. The molecule has 4 heteroatoms. The first kappa shape index (κ1) is 16.2. The number of ether oxygens (including phenoxy) is 1. The lowest BCUT2D eigenvalue weighted by Crippen LogP contribution is -2.13. The van der Waals surface area contributed by atoms with Gasteiger partial charge in [-0.1, -0.05) is 48.5 Å². The van der Waals surface area contributed by atoms with Crippen molar-refractivity contribution in [3.05, 3.63) is 90.8 Å². The van der Waals surface area contributed by atoms with E-state index in [2.05, 4.69) is 83.4 Å². The van der Waals surface area contributed by atoms with E-state index in [1.54, 1.807) is 0 Å². The average Bonchev–Trinajstić information content (AvgIpc) is 3.37. The van der Waals surface area contributed by atoms with Crippen LogP contribution in [0.5, 0.6) is 5.75 Å². The first-order valence-corrected chi connectivity index (χ1v) is 10.8. The van der Waals surface area contributed by atoms with Crippen molar-refractivity contribution >= 4 is 42.5 Å². The summed E-state index contributed by atoms with van der Waals surface area (Å²) in [6, 6.07) is 30.0. The maximum Gasteiger partial charge on any atom is 0.152 e. The first-order valence-electron chi connectivity index (χ1n) is 10.0. The smallest absolute Gasteiger partial charge is 0.152 e. The van der Waals surface area contributed by atoms with E-state index in [0.29, 0.717) is 6.61 Å². The fourth-order valence-corrected chi connectivity index (χ4v) is 5.71. The summed E-state index contributed by atoms with van der Waals surface area (Å²) >= 11 is 1.85. The predicted octanol–water partition coefficient (Wildman–Crippen LogP) is 6.95. The predicted molar refractivity (Wildman–Crippen MR) is 124 cm³/mol. The molecule has 0 unspecified atom stereocenters. The summed E-state index contributed by atoms with van der Waals surface area (Å²) in [6.07, 6.45) is 0. The minimum absolute atomic E-state index is 0.492. The highest BCUT2D eigenvalue weighted by molar-refractivity contribution is 7.25. The number of nitrogens with zero attached hydrogens (tertiary/aromatic N) is 2. The minimum Gasteiger partial charge on any atom is -0.483 e. The number of rotatable bonds is 1. The minimum atomic E-state index is 0.492. The van der Waals surface area contributed by atoms with Gasteiger partial charge in [0.2, 0.25) is 0 Å². The Bertz CT molecular complexity index is 1610. The molecule has 0 spiro atoms. The second-order valence-corrected chi connectivity index (χ2v) is 8.68. The number of fused-ring (bicyclic) bond motifs is 8. The van der Waals surface area contributed by atoms with Crippen LogP contribution in [0, 0.1) is 0 Å². The lowest BCUT2D eigenvalue weighted by molar-refractivity contribution is 0.281. The van der Waals surface area contributed by atoms with Gasteiger partial charge in [0.1, 0.15) is 12.4 Å². The molecule has 3 nitrogen and oxygen atoms in total. The molecule has 0 amide bonds. The molecule has 3 heterocycles. The van der Waals surface area contributed by atoms with Gasteiger partial charge >= 0.3 is 0 Å². The summed E-state index contributed by atoms with van der Waals surface area (Å²) in [5.41, 5.74) is 5.62. The van der Waals surface area contributed by atoms with E-state index in [-0.39, 0.29) is 0 Å². The van der Waals surface area contributed by atoms with Crippen LogP contribution in [0.1, 0.15) is 5.82 Å². The molecule has 0 saturated carbocycles. The van der Waals surface area contributed by atoms with E-state index in [0.717, 1.165) is 28.3 Å². The van der Waals surface area contributed by atoms with Crippen LogP contribution in [0.2, 0.25) is 0 Å². The number of hydrogen-bond acceptors (Lipinski definition) is 3. The molecule has 0 aliphatic carbocycles. The van der Waals surface area contributed by atoms with Gasteiger partial charge in [-0.15, -0.1) is 11.3 Å². The summed E-state index contributed by atoms with van der Waals surface area (Å²) in [6.45, 7) is 0.492. The lowest BCUT2D eigenvalue weighted by Gasteiger charge is -2.21. The van der Waals surface area contributed by atoms with Crippen LogP contribution in [0.3, 0.4) is 0 Å². The van der Waals surface area contributed by atoms with Crippen molar-refractivity contribution in [3.63, 3.8) is 0 Å². The zero-order valence-corrected chi connectivity index (χ0v) is 16.8. The molecule has 142 valence electrons. The Hall–Kier alpha value is -3.63. The molecule has 0 fully saturated rings. The maximum absolute atomic E-state index is 6.03. The molecule has 7 rings (SSSR count). The van der Waals surface area contributed by atoms with Crippen LogP contribution in [-0.2, 0) is 6.61 Å². The quantitative estimate of drug-likeness (QED) is 0.296. The zero-order chi connectivity index (χ0) is 19.7. The van der Waals surface area contributed by atoms with E-state index >= 15 is 0 Å². The Morgan fingerprint density at radius 3 is 2.70 bits per heavy atom. The van der Waals surface area contributed by atoms with Crippen LogP contribution < -0.4 is 4.74 Å². The fourth-order valence-electron chi connectivity index (χ4n) is 4.58. The Morgan fingerprint density at radius 2 is 1.70 bits per heavy atom. The van der Waals surface area contributed by atoms with Crippen LogP contribution in [0.15, 0.2) is 84.9 Å². The lowest BCUT2D eigenvalue weighted by atomic mass is 9.98. The molecular formula is C26H16N2OS. The number of benzene rings is 4. The van der Waals surface area contributed by atoms with Gasteiger partial charge in [0, 0.05) is 20.2 Å². The highest BCUT2D eigenvalue weighted by Gasteiger charge is 2.22. The monoisotopic (exact) mass is 404 g/mol. The molecule has 1 aliphatic heterocycles. The number of para-hydroxylation sites is 2. The van der Waals surface area contributed by atoms with Crippen LogP contribution in [0.4, 0.5) is 0 Å². The highest BCUT2D eigenvalue weighted by atomic mass is 32.1. The molecule has 0 bridgehead atoms. The summed E-state index contributed by atoms with van der Waals surface area (Å²) in [5, 5.41) is 2.64. The van der Waals surface area contributed by atoms with Gasteiger partial charge in [-0.05, 0) is 47.5 Å². The van der Waals surface area contributed by atoms with Gasteiger partial charge in [-0.2, -0.15) is 0 Å². The van der Waals surface area contributed by atoms with Crippen molar-refractivity contribution < 1.29 is 4.74 Å². The van der Waals surface area contributed by atoms with Gasteiger partial charge < -0.3 is 4.74 Å². The Kier molecular flexibility index (Phi) is 3.21. The Morgan fingerprint density at radius 1 is 0.833 bits per heavy atom. The number of thiophene rings is 1. The molecule has 30 heavy (non-hydrogen) atoms. The summed E-state index contributed by atoms with van der Waals surface area (Å²) < 4.78 is 10.9. The third kappa shape index (κ3) is 2.17. The van der Waals surface area contributed by atoms with Crippen molar-refractivity contribution in [2.45, 2.75) is 6.61 Å². The molecule has 0 N–H and O–H groups in total. The van der Waals surface area contributed by atoms with Crippen LogP contribution in [0.25, 0.3) is 48.0 Å². The number of aromatic nitrogens is 2. The topological polar surface area (TPSA) is 27.1 Å². The number of imidazole rings is 1.